The first kappa shape index (κ1) is 20.3. The summed E-state index contributed by atoms with van der Waals surface area (Å²) in [6, 6.07) is 16.9. The molecule has 0 aliphatic rings. The van der Waals surface area contributed by atoms with Crippen molar-refractivity contribution in [2.45, 2.75) is 39.5 Å². The van der Waals surface area contributed by atoms with Gasteiger partial charge in [0.1, 0.15) is 17.4 Å². The summed E-state index contributed by atoms with van der Waals surface area (Å²) >= 11 is 0. The fraction of sp³-hybridized carbons (Fsp3) is 0.304. The van der Waals surface area contributed by atoms with E-state index in [1.807, 2.05) is 61.5 Å². The Morgan fingerprint density at radius 1 is 1.11 bits per heavy atom. The number of ether oxygens (including phenoxy) is 1. The van der Waals surface area contributed by atoms with Crippen LogP contribution in [0.4, 0.5) is 5.69 Å². The number of hydrogen-bond acceptors (Lipinski definition) is 3. The SMILES string of the molecule is CCCCCCOc1ccccc1C=C(C#N)C(=O)Nc1ccc(C)cc1. The number of hydrogen-bond donors (Lipinski definition) is 1. The van der Waals surface area contributed by atoms with Crippen LogP contribution in [-0.4, -0.2) is 12.5 Å². The number of carbonyl (C=O) groups excluding carboxylic acids is 1. The molecular formula is C23H26N2O2. The molecule has 2 aromatic rings. The number of amides is 1. The highest BCUT2D eigenvalue weighted by molar-refractivity contribution is 6.09. The summed E-state index contributed by atoms with van der Waals surface area (Å²) in [5.41, 5.74) is 2.53. The molecule has 0 aliphatic heterocycles. The van der Waals surface area contributed by atoms with Gasteiger partial charge >= 0.3 is 0 Å². The van der Waals surface area contributed by atoms with Gasteiger partial charge in [-0.15, -0.1) is 0 Å². The van der Waals surface area contributed by atoms with Gasteiger partial charge in [0.15, 0.2) is 0 Å². The monoisotopic (exact) mass is 362 g/mol. The molecule has 0 saturated heterocycles. The van der Waals surface area contributed by atoms with E-state index in [0.717, 1.165) is 24.0 Å². The van der Waals surface area contributed by atoms with Crippen molar-refractivity contribution in [1.29, 1.82) is 5.26 Å². The third-order valence-electron chi connectivity index (χ3n) is 4.15. The largest absolute Gasteiger partial charge is 0.493 e. The normalized spacial score (nSPS) is 10.9. The summed E-state index contributed by atoms with van der Waals surface area (Å²) in [6.45, 7) is 4.78. The van der Waals surface area contributed by atoms with Crippen LogP contribution in [0.3, 0.4) is 0 Å². The molecule has 1 amide bonds. The Labute approximate surface area is 161 Å². The highest BCUT2D eigenvalue weighted by atomic mass is 16.5. The second kappa shape index (κ2) is 10.8. The Kier molecular flexibility index (Phi) is 8.12. The Morgan fingerprint density at radius 3 is 2.56 bits per heavy atom. The molecule has 0 fully saturated rings. The van der Waals surface area contributed by atoms with Gasteiger partial charge in [-0.05, 0) is 37.6 Å². The second-order valence-electron chi connectivity index (χ2n) is 6.44. The first-order chi connectivity index (χ1) is 13.1. The molecule has 0 saturated carbocycles. The summed E-state index contributed by atoms with van der Waals surface area (Å²) in [7, 11) is 0. The Morgan fingerprint density at radius 2 is 1.85 bits per heavy atom. The van der Waals surface area contributed by atoms with Crippen molar-refractivity contribution >= 4 is 17.7 Å². The number of aryl methyl sites for hydroxylation is 1. The van der Waals surface area contributed by atoms with Crippen LogP contribution in [0.2, 0.25) is 0 Å². The smallest absolute Gasteiger partial charge is 0.266 e. The molecule has 4 heteroatoms. The number of rotatable bonds is 9. The molecule has 0 aromatic heterocycles. The first-order valence-corrected chi connectivity index (χ1v) is 9.35. The summed E-state index contributed by atoms with van der Waals surface area (Å²) in [5.74, 6) is 0.254. The molecule has 1 N–H and O–H groups in total. The van der Waals surface area contributed by atoms with Gasteiger partial charge in [0.25, 0.3) is 5.91 Å². The standard InChI is InChI=1S/C23H26N2O2/c1-3-4-5-8-15-27-22-10-7-6-9-19(22)16-20(17-24)23(26)25-21-13-11-18(2)12-14-21/h6-7,9-14,16H,3-5,8,15H2,1-2H3,(H,25,26). The molecular weight excluding hydrogens is 336 g/mol. The van der Waals surface area contributed by atoms with E-state index < -0.39 is 5.91 Å². The van der Waals surface area contributed by atoms with Crippen molar-refractivity contribution in [1.82, 2.24) is 0 Å². The molecule has 0 spiro atoms. The minimum Gasteiger partial charge on any atom is -0.493 e. The molecule has 140 valence electrons. The van der Waals surface area contributed by atoms with Crippen LogP contribution in [0.1, 0.15) is 43.7 Å². The van der Waals surface area contributed by atoms with Crippen molar-refractivity contribution in [2.24, 2.45) is 0 Å². The zero-order valence-corrected chi connectivity index (χ0v) is 16.0. The van der Waals surface area contributed by atoms with Gasteiger partial charge in [0, 0.05) is 11.3 Å². The maximum Gasteiger partial charge on any atom is 0.266 e. The number of carbonyl (C=O) groups is 1. The summed E-state index contributed by atoms with van der Waals surface area (Å²) in [4.78, 5) is 12.4. The van der Waals surface area contributed by atoms with Gasteiger partial charge in [0.2, 0.25) is 0 Å². The van der Waals surface area contributed by atoms with Crippen LogP contribution in [0, 0.1) is 18.3 Å². The molecule has 4 nitrogen and oxygen atoms in total. The van der Waals surface area contributed by atoms with E-state index in [2.05, 4.69) is 12.2 Å². The predicted molar refractivity (Wildman–Crippen MR) is 109 cm³/mol. The van der Waals surface area contributed by atoms with Gasteiger partial charge in [-0.2, -0.15) is 5.26 Å². The minimum absolute atomic E-state index is 0.0395. The maximum atomic E-state index is 12.4. The van der Waals surface area contributed by atoms with Crippen LogP contribution in [0.15, 0.2) is 54.1 Å². The van der Waals surface area contributed by atoms with Crippen LogP contribution in [0.25, 0.3) is 6.08 Å². The van der Waals surface area contributed by atoms with E-state index in [4.69, 9.17) is 4.74 Å². The van der Waals surface area contributed by atoms with E-state index in [0.29, 0.717) is 18.0 Å². The van der Waals surface area contributed by atoms with Crippen LogP contribution >= 0.6 is 0 Å². The Bertz CT molecular complexity index is 817. The van der Waals surface area contributed by atoms with Gasteiger partial charge < -0.3 is 10.1 Å². The van der Waals surface area contributed by atoms with Crippen LogP contribution < -0.4 is 10.1 Å². The summed E-state index contributed by atoms with van der Waals surface area (Å²) in [5, 5.41) is 12.2. The predicted octanol–water partition coefficient (Wildman–Crippen LogP) is 5.50. The van der Waals surface area contributed by atoms with Crippen molar-refractivity contribution < 1.29 is 9.53 Å². The van der Waals surface area contributed by atoms with Crippen molar-refractivity contribution in [3.63, 3.8) is 0 Å². The molecule has 0 aliphatic carbocycles. The average molecular weight is 362 g/mol. The third kappa shape index (κ3) is 6.63. The van der Waals surface area contributed by atoms with Gasteiger partial charge in [-0.1, -0.05) is 62.1 Å². The van der Waals surface area contributed by atoms with Crippen LogP contribution in [-0.2, 0) is 4.79 Å². The Balaban J connectivity index is 2.08. The quantitative estimate of drug-likeness (QED) is 0.364. The highest BCUT2D eigenvalue weighted by Gasteiger charge is 2.11. The number of nitrogens with one attached hydrogen (secondary N) is 1. The molecule has 2 aromatic carbocycles. The van der Waals surface area contributed by atoms with Crippen LogP contribution in [0.5, 0.6) is 5.75 Å². The topological polar surface area (TPSA) is 62.1 Å². The summed E-state index contributed by atoms with van der Waals surface area (Å²) in [6.07, 6.45) is 6.08. The zero-order chi connectivity index (χ0) is 19.5. The third-order valence-corrected chi connectivity index (χ3v) is 4.15. The van der Waals surface area contributed by atoms with E-state index in [1.165, 1.54) is 12.8 Å². The number of nitrogens with zero attached hydrogens (tertiary/aromatic N) is 1. The highest BCUT2D eigenvalue weighted by Crippen LogP contribution is 2.22. The van der Waals surface area contributed by atoms with Gasteiger partial charge in [-0.3, -0.25) is 4.79 Å². The average Bonchev–Trinajstić information content (AvgIpc) is 2.68. The number of nitriles is 1. The maximum absolute atomic E-state index is 12.4. The molecule has 27 heavy (non-hydrogen) atoms. The number of anilines is 1. The fourth-order valence-corrected chi connectivity index (χ4v) is 2.58. The lowest BCUT2D eigenvalue weighted by Gasteiger charge is -2.10. The molecule has 0 atom stereocenters. The first-order valence-electron chi connectivity index (χ1n) is 9.35. The zero-order valence-electron chi connectivity index (χ0n) is 16.0. The van der Waals surface area contributed by atoms with Gasteiger partial charge in [0.05, 0.1) is 6.61 Å². The molecule has 0 radical (unpaired) electrons. The molecule has 2 rings (SSSR count). The summed E-state index contributed by atoms with van der Waals surface area (Å²) < 4.78 is 5.85. The van der Waals surface area contributed by atoms with E-state index in [9.17, 15) is 10.1 Å². The van der Waals surface area contributed by atoms with Gasteiger partial charge in [-0.25, -0.2) is 0 Å². The molecule has 0 unspecified atom stereocenters. The lowest BCUT2D eigenvalue weighted by molar-refractivity contribution is -0.112. The van der Waals surface area contributed by atoms with E-state index in [-0.39, 0.29) is 5.57 Å². The Hall–Kier alpha value is -3.06. The number of benzene rings is 2. The van der Waals surface area contributed by atoms with Crippen molar-refractivity contribution in [3.05, 3.63) is 65.2 Å². The number of para-hydroxylation sites is 1. The molecule has 0 bridgehead atoms. The number of unbranched alkanes of at least 4 members (excludes halogenated alkanes) is 3. The molecule has 0 heterocycles. The minimum atomic E-state index is -0.431. The second-order valence-corrected chi connectivity index (χ2v) is 6.44. The lowest BCUT2D eigenvalue weighted by Crippen LogP contribution is -2.13. The van der Waals surface area contributed by atoms with Crippen molar-refractivity contribution in [2.75, 3.05) is 11.9 Å². The van der Waals surface area contributed by atoms with E-state index >= 15 is 0 Å². The lowest BCUT2D eigenvalue weighted by atomic mass is 10.1. The van der Waals surface area contributed by atoms with Crippen molar-refractivity contribution in [3.8, 4) is 11.8 Å². The van der Waals surface area contributed by atoms with E-state index in [1.54, 1.807) is 6.08 Å². The fourth-order valence-electron chi connectivity index (χ4n) is 2.58.